The Morgan fingerprint density at radius 2 is 1.85 bits per heavy atom. The summed E-state index contributed by atoms with van der Waals surface area (Å²) in [6, 6.07) is 7.94. The van der Waals surface area contributed by atoms with E-state index in [0.29, 0.717) is 21.4 Å². The highest BCUT2D eigenvalue weighted by Crippen LogP contribution is 2.35. The van der Waals surface area contributed by atoms with Crippen molar-refractivity contribution >= 4 is 39.9 Å². The van der Waals surface area contributed by atoms with E-state index >= 15 is 0 Å². The van der Waals surface area contributed by atoms with Gasteiger partial charge in [-0.15, -0.1) is 0 Å². The topological polar surface area (TPSA) is 76.2 Å². The maximum atomic E-state index is 6.30. The first kappa shape index (κ1) is 21.9. The highest BCUT2D eigenvalue weighted by molar-refractivity contribution is 6.35. The van der Waals surface area contributed by atoms with Crippen LogP contribution in [0.5, 0.6) is 5.75 Å². The molecule has 1 fully saturated rings. The highest BCUT2D eigenvalue weighted by atomic mass is 35.5. The number of fused-ring (bicyclic) bond motifs is 1. The molecule has 0 aliphatic carbocycles. The normalized spacial score (nSPS) is 15.1. The molecule has 4 heterocycles. The van der Waals surface area contributed by atoms with Crippen molar-refractivity contribution in [3.63, 3.8) is 0 Å². The summed E-state index contributed by atoms with van der Waals surface area (Å²) in [5.41, 5.74) is 4.50. The minimum absolute atomic E-state index is 0.350. The molecule has 7 nitrogen and oxygen atoms in total. The summed E-state index contributed by atoms with van der Waals surface area (Å²) >= 11 is 12.6. The summed E-state index contributed by atoms with van der Waals surface area (Å²) in [6.45, 7) is 7.14. The molecule has 170 valence electrons. The standard InChI is InChI=1S/C24H23Cl2N5O2/c1-14-9-16(11-28-24(14)31-5-7-32-8-6-31)23-18-10-17(3-4-21(18)29-30-23)33-15(2)22-19(25)12-27-13-20(22)26/h3-4,9-13,15H,5-8H2,1-2H3,(H,29,30). The van der Waals surface area contributed by atoms with Gasteiger partial charge in [-0.25, -0.2) is 4.98 Å². The molecule has 1 atom stereocenters. The first-order chi connectivity index (χ1) is 16.0. The van der Waals surface area contributed by atoms with Gasteiger partial charge in [-0.05, 0) is 43.7 Å². The minimum atomic E-state index is -0.350. The molecule has 0 radical (unpaired) electrons. The van der Waals surface area contributed by atoms with Gasteiger partial charge in [0.2, 0.25) is 0 Å². The molecule has 0 saturated carbocycles. The predicted octanol–water partition coefficient (Wildman–Crippen LogP) is 5.61. The molecule has 1 N–H and O–H groups in total. The molecule has 9 heteroatoms. The summed E-state index contributed by atoms with van der Waals surface area (Å²) in [7, 11) is 0. The van der Waals surface area contributed by atoms with E-state index in [1.54, 1.807) is 12.4 Å². The molecule has 1 unspecified atom stereocenters. The van der Waals surface area contributed by atoms with Crippen molar-refractivity contribution in [1.29, 1.82) is 0 Å². The van der Waals surface area contributed by atoms with Crippen molar-refractivity contribution in [2.24, 2.45) is 0 Å². The number of hydrogen-bond donors (Lipinski definition) is 1. The molecule has 1 saturated heterocycles. The van der Waals surface area contributed by atoms with Crippen LogP contribution in [-0.2, 0) is 4.74 Å². The number of benzene rings is 1. The number of pyridine rings is 2. The van der Waals surface area contributed by atoms with Crippen molar-refractivity contribution in [3.8, 4) is 17.0 Å². The Morgan fingerprint density at radius 1 is 1.09 bits per heavy atom. The molecule has 1 aromatic carbocycles. The van der Waals surface area contributed by atoms with E-state index in [9.17, 15) is 0 Å². The van der Waals surface area contributed by atoms with Gasteiger partial charge in [0.05, 0.1) is 28.8 Å². The first-order valence-corrected chi connectivity index (χ1v) is 11.5. The molecule has 0 spiro atoms. The Bertz CT molecular complexity index is 1280. The zero-order chi connectivity index (χ0) is 22.9. The lowest BCUT2D eigenvalue weighted by atomic mass is 10.1. The highest BCUT2D eigenvalue weighted by Gasteiger charge is 2.19. The van der Waals surface area contributed by atoms with E-state index in [4.69, 9.17) is 37.7 Å². The van der Waals surface area contributed by atoms with Gasteiger partial charge in [0.25, 0.3) is 0 Å². The van der Waals surface area contributed by atoms with Gasteiger partial charge in [-0.2, -0.15) is 5.10 Å². The number of rotatable bonds is 5. The molecular formula is C24H23Cl2N5O2. The van der Waals surface area contributed by atoms with Gasteiger partial charge in [-0.1, -0.05) is 23.2 Å². The maximum absolute atomic E-state index is 6.30. The number of aryl methyl sites for hydroxylation is 1. The second-order valence-corrected chi connectivity index (χ2v) is 8.83. The van der Waals surface area contributed by atoms with Gasteiger partial charge >= 0.3 is 0 Å². The van der Waals surface area contributed by atoms with Crippen molar-refractivity contribution in [3.05, 3.63) is 64.0 Å². The molecule has 0 amide bonds. The Labute approximate surface area is 201 Å². The largest absolute Gasteiger partial charge is 0.486 e. The lowest BCUT2D eigenvalue weighted by Gasteiger charge is -2.29. The number of nitrogens with one attached hydrogen (secondary N) is 1. The van der Waals surface area contributed by atoms with Gasteiger partial charge in [-0.3, -0.25) is 10.1 Å². The Morgan fingerprint density at radius 3 is 2.58 bits per heavy atom. The van der Waals surface area contributed by atoms with Crippen LogP contribution in [0.3, 0.4) is 0 Å². The smallest absolute Gasteiger partial charge is 0.131 e. The van der Waals surface area contributed by atoms with Crippen LogP contribution in [0.1, 0.15) is 24.2 Å². The number of ether oxygens (including phenoxy) is 2. The van der Waals surface area contributed by atoms with Crippen molar-refractivity contribution in [1.82, 2.24) is 20.2 Å². The van der Waals surface area contributed by atoms with Crippen molar-refractivity contribution < 1.29 is 9.47 Å². The lowest BCUT2D eigenvalue weighted by Crippen LogP contribution is -2.37. The third-order valence-corrected chi connectivity index (χ3v) is 6.38. The fraction of sp³-hybridized carbons (Fsp3) is 0.292. The van der Waals surface area contributed by atoms with Crippen LogP contribution in [0.25, 0.3) is 22.2 Å². The fourth-order valence-corrected chi connectivity index (χ4v) is 4.83. The van der Waals surface area contributed by atoms with Crippen LogP contribution >= 0.6 is 23.2 Å². The first-order valence-electron chi connectivity index (χ1n) is 10.7. The molecule has 3 aromatic heterocycles. The molecular weight excluding hydrogens is 461 g/mol. The second kappa shape index (κ2) is 9.17. The summed E-state index contributed by atoms with van der Waals surface area (Å²) < 4.78 is 11.6. The number of nitrogens with zero attached hydrogens (tertiary/aromatic N) is 4. The van der Waals surface area contributed by atoms with Crippen LogP contribution in [-0.4, -0.2) is 46.5 Å². The Balaban J connectivity index is 1.44. The molecule has 1 aliphatic heterocycles. The van der Waals surface area contributed by atoms with Gasteiger partial charge < -0.3 is 14.4 Å². The van der Waals surface area contributed by atoms with Crippen LogP contribution < -0.4 is 9.64 Å². The van der Waals surface area contributed by atoms with Gasteiger partial charge in [0, 0.05) is 48.2 Å². The monoisotopic (exact) mass is 483 g/mol. The number of H-pyrrole nitrogens is 1. The van der Waals surface area contributed by atoms with Gasteiger partial charge in [0.15, 0.2) is 0 Å². The average molecular weight is 484 g/mol. The van der Waals surface area contributed by atoms with E-state index in [2.05, 4.69) is 33.1 Å². The average Bonchev–Trinajstić information content (AvgIpc) is 3.23. The third-order valence-electron chi connectivity index (χ3n) is 5.78. The zero-order valence-corrected chi connectivity index (χ0v) is 19.8. The summed E-state index contributed by atoms with van der Waals surface area (Å²) in [4.78, 5) is 11.0. The van der Waals surface area contributed by atoms with E-state index in [1.807, 2.05) is 31.3 Å². The molecule has 4 aromatic rings. The lowest BCUT2D eigenvalue weighted by molar-refractivity contribution is 0.122. The number of hydrogen-bond acceptors (Lipinski definition) is 6. The number of aromatic amines is 1. The predicted molar refractivity (Wildman–Crippen MR) is 130 cm³/mol. The van der Waals surface area contributed by atoms with E-state index in [0.717, 1.165) is 59.8 Å². The number of aromatic nitrogens is 4. The number of anilines is 1. The van der Waals surface area contributed by atoms with E-state index < -0.39 is 0 Å². The quantitative estimate of drug-likeness (QED) is 0.397. The van der Waals surface area contributed by atoms with Crippen LogP contribution in [0.2, 0.25) is 10.0 Å². The van der Waals surface area contributed by atoms with Crippen LogP contribution in [0.15, 0.2) is 42.9 Å². The van der Waals surface area contributed by atoms with E-state index in [1.165, 1.54) is 0 Å². The zero-order valence-electron chi connectivity index (χ0n) is 18.3. The molecule has 0 bridgehead atoms. The third kappa shape index (κ3) is 4.36. The van der Waals surface area contributed by atoms with Crippen molar-refractivity contribution in [2.75, 3.05) is 31.2 Å². The summed E-state index contributed by atoms with van der Waals surface area (Å²) in [5.74, 6) is 1.68. The second-order valence-electron chi connectivity index (χ2n) is 8.02. The molecule has 33 heavy (non-hydrogen) atoms. The summed E-state index contributed by atoms with van der Waals surface area (Å²) in [6.07, 6.45) is 4.66. The Hall–Kier alpha value is -2.87. The van der Waals surface area contributed by atoms with Crippen LogP contribution in [0, 0.1) is 6.92 Å². The van der Waals surface area contributed by atoms with Gasteiger partial charge in [0.1, 0.15) is 23.4 Å². The molecule has 1 aliphatic rings. The number of halogens is 2. The van der Waals surface area contributed by atoms with E-state index in [-0.39, 0.29) is 6.10 Å². The number of morpholine rings is 1. The van der Waals surface area contributed by atoms with Crippen LogP contribution in [0.4, 0.5) is 5.82 Å². The molecule has 5 rings (SSSR count). The minimum Gasteiger partial charge on any atom is -0.486 e. The summed E-state index contributed by atoms with van der Waals surface area (Å²) in [5, 5.41) is 9.55. The SMILES string of the molecule is Cc1cc(-c2n[nH]c3ccc(OC(C)c4c(Cl)cncc4Cl)cc23)cnc1N1CCOCC1. The van der Waals surface area contributed by atoms with Crippen molar-refractivity contribution in [2.45, 2.75) is 20.0 Å². The maximum Gasteiger partial charge on any atom is 0.131 e. The Kier molecular flexibility index (Phi) is 6.10. The fourth-order valence-electron chi connectivity index (χ4n) is 4.16.